The lowest BCUT2D eigenvalue weighted by atomic mass is 10.1. The predicted octanol–water partition coefficient (Wildman–Crippen LogP) is 3.05. The third-order valence-corrected chi connectivity index (χ3v) is 5.74. The molecule has 1 aliphatic rings. The van der Waals surface area contributed by atoms with Gasteiger partial charge >= 0.3 is 0 Å². The molecule has 2 aromatic rings. The molecule has 1 aliphatic heterocycles. The minimum Gasteiger partial charge on any atom is -0.372 e. The molecule has 2 aromatic carbocycles. The lowest BCUT2D eigenvalue weighted by Crippen LogP contribution is -3.08. The molecule has 1 saturated heterocycles. The van der Waals surface area contributed by atoms with Gasteiger partial charge < -0.3 is 15.1 Å². The average Bonchev–Trinajstić information content (AvgIpc) is 2.69. The van der Waals surface area contributed by atoms with Gasteiger partial charge in [-0.25, -0.2) is 0 Å². The fourth-order valence-corrected chi connectivity index (χ4v) is 3.95. The number of anilines is 2. The van der Waals surface area contributed by atoms with Crippen molar-refractivity contribution in [2.24, 2.45) is 0 Å². The number of nitrogens with zero attached hydrogens (tertiary/aromatic N) is 1. The highest BCUT2D eigenvalue weighted by molar-refractivity contribution is 7.98. The Bertz CT molecular complexity index is 724. The zero-order valence-electron chi connectivity index (χ0n) is 16.3. The maximum absolute atomic E-state index is 12.4. The van der Waals surface area contributed by atoms with Gasteiger partial charge in [0.15, 0.2) is 6.54 Å². The molecule has 0 bridgehead atoms. The van der Waals surface area contributed by atoms with Crippen LogP contribution in [-0.4, -0.2) is 38.8 Å². The molecule has 0 saturated carbocycles. The quantitative estimate of drug-likeness (QED) is 0.721. The van der Waals surface area contributed by atoms with Crippen LogP contribution in [0.1, 0.15) is 24.8 Å². The van der Waals surface area contributed by atoms with Crippen molar-refractivity contribution in [3.63, 3.8) is 0 Å². The van der Waals surface area contributed by atoms with Gasteiger partial charge in [-0.2, -0.15) is 0 Å². The fourth-order valence-electron chi connectivity index (χ4n) is 3.54. The number of hydrogen-bond donors (Lipinski definition) is 2. The van der Waals surface area contributed by atoms with Crippen LogP contribution in [0, 0.1) is 0 Å². The van der Waals surface area contributed by atoms with Crippen LogP contribution in [-0.2, 0) is 11.3 Å². The number of quaternary nitrogens is 1. The number of carbonyl (C=O) groups is 1. The van der Waals surface area contributed by atoms with Crippen LogP contribution in [0.25, 0.3) is 0 Å². The van der Waals surface area contributed by atoms with Gasteiger partial charge in [-0.3, -0.25) is 4.79 Å². The van der Waals surface area contributed by atoms with Gasteiger partial charge in [-0.05, 0) is 61.9 Å². The van der Waals surface area contributed by atoms with Gasteiger partial charge in [-0.15, -0.1) is 11.8 Å². The van der Waals surface area contributed by atoms with Crippen molar-refractivity contribution in [3.05, 3.63) is 54.1 Å². The van der Waals surface area contributed by atoms with E-state index in [2.05, 4.69) is 59.9 Å². The summed E-state index contributed by atoms with van der Waals surface area (Å²) in [4.78, 5) is 17.2. The van der Waals surface area contributed by atoms with Crippen molar-refractivity contribution >= 4 is 29.0 Å². The zero-order valence-corrected chi connectivity index (χ0v) is 17.1. The minimum atomic E-state index is 0.0546. The number of carbonyl (C=O) groups excluding carboxylic acids is 1. The second-order valence-electron chi connectivity index (χ2n) is 7.30. The van der Waals surface area contributed by atoms with Gasteiger partial charge in [0, 0.05) is 34.9 Å². The van der Waals surface area contributed by atoms with Gasteiger partial charge in [0.05, 0.1) is 7.05 Å². The lowest BCUT2D eigenvalue weighted by molar-refractivity contribution is -0.885. The predicted molar refractivity (Wildman–Crippen MR) is 115 cm³/mol. The highest BCUT2D eigenvalue weighted by Crippen LogP contribution is 2.21. The monoisotopic (exact) mass is 384 g/mol. The zero-order chi connectivity index (χ0) is 19.1. The summed E-state index contributed by atoms with van der Waals surface area (Å²) in [6.45, 7) is 3.57. The smallest absolute Gasteiger partial charge is 0.279 e. The van der Waals surface area contributed by atoms with Crippen LogP contribution in [0.2, 0.25) is 0 Å². The first kappa shape index (κ1) is 19.8. The number of hydrogen-bond acceptors (Lipinski definition) is 3. The van der Waals surface area contributed by atoms with Gasteiger partial charge in [0.25, 0.3) is 5.91 Å². The summed E-state index contributed by atoms with van der Waals surface area (Å²) in [7, 11) is 2.06. The SMILES string of the molecule is CSc1ccc(C[NH+](C)CC(=O)Nc2ccc(N3CCCCC3)cc2)cc1. The number of thioether (sulfide) groups is 1. The average molecular weight is 385 g/mol. The van der Waals surface area contributed by atoms with E-state index >= 15 is 0 Å². The van der Waals surface area contributed by atoms with Crippen molar-refractivity contribution < 1.29 is 9.69 Å². The number of nitrogens with one attached hydrogen (secondary N) is 2. The minimum absolute atomic E-state index is 0.0546. The number of benzene rings is 2. The second-order valence-corrected chi connectivity index (χ2v) is 8.18. The van der Waals surface area contributed by atoms with Gasteiger partial charge in [0.1, 0.15) is 6.54 Å². The van der Waals surface area contributed by atoms with Crippen LogP contribution in [0.4, 0.5) is 11.4 Å². The summed E-state index contributed by atoms with van der Waals surface area (Å²) < 4.78 is 0. The Hall–Kier alpha value is -1.98. The first-order valence-corrected chi connectivity index (χ1v) is 11.0. The van der Waals surface area contributed by atoms with Crippen molar-refractivity contribution in [2.75, 3.05) is 43.2 Å². The Labute approximate surface area is 166 Å². The van der Waals surface area contributed by atoms with E-state index in [4.69, 9.17) is 0 Å². The molecule has 1 atom stereocenters. The van der Waals surface area contributed by atoms with Crippen LogP contribution in [0.5, 0.6) is 0 Å². The third-order valence-electron chi connectivity index (χ3n) is 5.00. The van der Waals surface area contributed by atoms with E-state index in [0.717, 1.165) is 25.3 Å². The summed E-state index contributed by atoms with van der Waals surface area (Å²) in [6.07, 6.45) is 5.96. The molecule has 144 valence electrons. The molecule has 5 heteroatoms. The number of piperidine rings is 1. The number of rotatable bonds is 7. The van der Waals surface area contributed by atoms with E-state index in [1.165, 1.54) is 40.3 Å². The molecule has 0 aromatic heterocycles. The number of amides is 1. The van der Waals surface area contributed by atoms with E-state index in [-0.39, 0.29) is 5.91 Å². The Morgan fingerprint density at radius 1 is 1.04 bits per heavy atom. The largest absolute Gasteiger partial charge is 0.372 e. The first-order valence-electron chi connectivity index (χ1n) is 9.73. The van der Waals surface area contributed by atoms with Crippen molar-refractivity contribution in [3.8, 4) is 0 Å². The molecular formula is C22H30N3OS+. The highest BCUT2D eigenvalue weighted by atomic mass is 32.2. The maximum atomic E-state index is 12.4. The van der Waals surface area contributed by atoms with Crippen LogP contribution < -0.4 is 15.1 Å². The molecule has 4 nitrogen and oxygen atoms in total. The third kappa shape index (κ3) is 6.01. The summed E-state index contributed by atoms with van der Waals surface area (Å²) in [5, 5.41) is 3.03. The van der Waals surface area contributed by atoms with E-state index in [1.807, 2.05) is 12.1 Å². The van der Waals surface area contributed by atoms with E-state index in [0.29, 0.717) is 6.54 Å². The molecule has 0 radical (unpaired) electrons. The topological polar surface area (TPSA) is 36.8 Å². The van der Waals surface area contributed by atoms with Crippen LogP contribution in [0.15, 0.2) is 53.4 Å². The van der Waals surface area contributed by atoms with E-state index in [9.17, 15) is 4.79 Å². The molecule has 3 rings (SSSR count). The maximum Gasteiger partial charge on any atom is 0.279 e. The standard InChI is InChI=1S/C22H29N3OS/c1-24(16-18-6-12-21(27-2)13-7-18)17-22(26)23-19-8-10-20(11-9-19)25-14-4-3-5-15-25/h6-13H,3-5,14-17H2,1-2H3,(H,23,26)/p+1. The molecule has 0 spiro atoms. The van der Waals surface area contributed by atoms with Crippen molar-refractivity contribution in [1.82, 2.24) is 0 Å². The van der Waals surface area contributed by atoms with Crippen molar-refractivity contribution in [2.45, 2.75) is 30.7 Å². The molecule has 1 amide bonds. The summed E-state index contributed by atoms with van der Waals surface area (Å²) in [5.41, 5.74) is 3.38. The fraction of sp³-hybridized carbons (Fsp3) is 0.409. The normalized spacial score (nSPS) is 15.4. The Kier molecular flexibility index (Phi) is 7.18. The second kappa shape index (κ2) is 9.81. The molecule has 27 heavy (non-hydrogen) atoms. The lowest BCUT2D eigenvalue weighted by Gasteiger charge is -2.28. The molecule has 2 N–H and O–H groups in total. The summed E-state index contributed by atoms with van der Waals surface area (Å²) in [5.74, 6) is 0.0546. The molecule has 1 fully saturated rings. The summed E-state index contributed by atoms with van der Waals surface area (Å²) >= 11 is 1.74. The molecular weight excluding hydrogens is 354 g/mol. The number of likely N-dealkylation sites (N-methyl/N-ethyl adjacent to an activating group) is 1. The van der Waals surface area contributed by atoms with E-state index in [1.54, 1.807) is 11.8 Å². The molecule has 1 heterocycles. The van der Waals surface area contributed by atoms with Crippen LogP contribution >= 0.6 is 11.8 Å². The molecule has 0 aliphatic carbocycles. The van der Waals surface area contributed by atoms with Gasteiger partial charge in [-0.1, -0.05) is 12.1 Å². The highest BCUT2D eigenvalue weighted by Gasteiger charge is 2.13. The van der Waals surface area contributed by atoms with Crippen molar-refractivity contribution in [1.29, 1.82) is 0 Å². The summed E-state index contributed by atoms with van der Waals surface area (Å²) in [6, 6.07) is 16.8. The van der Waals surface area contributed by atoms with Crippen LogP contribution in [0.3, 0.4) is 0 Å². The van der Waals surface area contributed by atoms with E-state index < -0.39 is 0 Å². The Morgan fingerprint density at radius 2 is 1.70 bits per heavy atom. The Morgan fingerprint density at radius 3 is 2.33 bits per heavy atom. The first-order chi connectivity index (χ1) is 13.1. The van der Waals surface area contributed by atoms with Gasteiger partial charge in [0.2, 0.25) is 0 Å². The molecule has 1 unspecified atom stereocenters. The Balaban J connectivity index is 1.47.